The number of nitrogens with one attached hydrogen (secondary N) is 1. The van der Waals surface area contributed by atoms with Crippen molar-refractivity contribution in [3.05, 3.63) is 99.8 Å². The van der Waals surface area contributed by atoms with E-state index in [1.807, 2.05) is 47.4 Å². The quantitative estimate of drug-likeness (QED) is 0.544. The van der Waals surface area contributed by atoms with Crippen molar-refractivity contribution in [2.75, 3.05) is 19.0 Å². The van der Waals surface area contributed by atoms with Crippen LogP contribution in [0, 0.1) is 5.82 Å². The van der Waals surface area contributed by atoms with Gasteiger partial charge in [0, 0.05) is 10.2 Å². The summed E-state index contributed by atoms with van der Waals surface area (Å²) < 4.78 is 19.5. The molecular formula is C23H20BrFN2O2. The van der Waals surface area contributed by atoms with Crippen molar-refractivity contribution in [2.45, 2.75) is 12.2 Å². The second-order valence-electron chi connectivity index (χ2n) is 6.89. The SMILES string of the molecule is COC(=O)CN1[C@H](c2ccccc2)c2cc(Br)ccc2N[C@@H]1c1ccc(F)cc1. The van der Waals surface area contributed by atoms with E-state index in [4.69, 9.17) is 4.74 Å². The maximum atomic E-state index is 13.5. The zero-order chi connectivity index (χ0) is 20.4. The third-order valence-electron chi connectivity index (χ3n) is 5.10. The van der Waals surface area contributed by atoms with Gasteiger partial charge in [-0.25, -0.2) is 4.39 Å². The highest BCUT2D eigenvalue weighted by Crippen LogP contribution is 2.44. The Morgan fingerprint density at radius 1 is 1.07 bits per heavy atom. The fourth-order valence-corrected chi connectivity index (χ4v) is 4.15. The van der Waals surface area contributed by atoms with Crippen molar-refractivity contribution >= 4 is 27.6 Å². The minimum atomic E-state index is -0.335. The van der Waals surface area contributed by atoms with Gasteiger partial charge in [0.1, 0.15) is 12.0 Å². The van der Waals surface area contributed by atoms with Gasteiger partial charge < -0.3 is 10.1 Å². The predicted molar refractivity (Wildman–Crippen MR) is 114 cm³/mol. The van der Waals surface area contributed by atoms with Crippen molar-refractivity contribution in [1.82, 2.24) is 4.90 Å². The fraction of sp³-hybridized carbons (Fsp3) is 0.174. The van der Waals surface area contributed by atoms with Gasteiger partial charge in [-0.3, -0.25) is 9.69 Å². The van der Waals surface area contributed by atoms with Gasteiger partial charge >= 0.3 is 5.97 Å². The van der Waals surface area contributed by atoms with Crippen molar-refractivity contribution < 1.29 is 13.9 Å². The van der Waals surface area contributed by atoms with E-state index in [2.05, 4.69) is 27.3 Å². The second-order valence-corrected chi connectivity index (χ2v) is 7.81. The van der Waals surface area contributed by atoms with Crippen LogP contribution in [-0.2, 0) is 9.53 Å². The third kappa shape index (κ3) is 4.04. The van der Waals surface area contributed by atoms with Gasteiger partial charge in [-0.2, -0.15) is 0 Å². The summed E-state index contributed by atoms with van der Waals surface area (Å²) in [5, 5.41) is 3.51. The maximum absolute atomic E-state index is 13.5. The van der Waals surface area contributed by atoms with Crippen LogP contribution in [0.1, 0.15) is 28.9 Å². The molecule has 0 aromatic heterocycles. The number of anilines is 1. The molecule has 29 heavy (non-hydrogen) atoms. The van der Waals surface area contributed by atoms with Crippen LogP contribution >= 0.6 is 15.9 Å². The predicted octanol–water partition coefficient (Wildman–Crippen LogP) is 5.28. The molecule has 0 fully saturated rings. The largest absolute Gasteiger partial charge is 0.468 e. The molecule has 0 spiro atoms. The number of fused-ring (bicyclic) bond motifs is 1. The van der Waals surface area contributed by atoms with Crippen LogP contribution in [-0.4, -0.2) is 24.5 Å². The summed E-state index contributed by atoms with van der Waals surface area (Å²) in [6.07, 6.45) is -0.325. The molecule has 2 atom stereocenters. The Morgan fingerprint density at radius 3 is 2.48 bits per heavy atom. The Labute approximate surface area is 177 Å². The van der Waals surface area contributed by atoms with E-state index in [1.165, 1.54) is 19.2 Å². The van der Waals surface area contributed by atoms with Gasteiger partial charge in [-0.05, 0) is 47.0 Å². The van der Waals surface area contributed by atoms with Crippen LogP contribution in [0.3, 0.4) is 0 Å². The number of halogens is 2. The third-order valence-corrected chi connectivity index (χ3v) is 5.60. The topological polar surface area (TPSA) is 41.6 Å². The van der Waals surface area contributed by atoms with E-state index in [0.29, 0.717) is 0 Å². The van der Waals surface area contributed by atoms with Gasteiger partial charge in [0.15, 0.2) is 0 Å². The van der Waals surface area contributed by atoms with Crippen molar-refractivity contribution in [3.8, 4) is 0 Å². The summed E-state index contributed by atoms with van der Waals surface area (Å²) in [6.45, 7) is 0.0804. The lowest BCUT2D eigenvalue weighted by Crippen LogP contribution is -2.44. The van der Waals surface area contributed by atoms with Crippen LogP contribution in [0.2, 0.25) is 0 Å². The average molecular weight is 455 g/mol. The number of esters is 1. The molecule has 0 saturated carbocycles. The summed E-state index contributed by atoms with van der Waals surface area (Å²) in [5.41, 5.74) is 3.94. The minimum absolute atomic E-state index is 0.0804. The van der Waals surface area contributed by atoms with Gasteiger partial charge in [0.05, 0.1) is 19.7 Å². The van der Waals surface area contributed by atoms with Crippen LogP contribution in [0.5, 0.6) is 0 Å². The summed E-state index contributed by atoms with van der Waals surface area (Å²) in [6, 6.07) is 22.2. The van der Waals surface area contributed by atoms with Gasteiger partial charge in [0.2, 0.25) is 0 Å². The lowest BCUT2D eigenvalue weighted by Gasteiger charge is -2.44. The highest BCUT2D eigenvalue weighted by molar-refractivity contribution is 9.10. The number of ether oxygens (including phenoxy) is 1. The van der Waals surface area contributed by atoms with E-state index in [9.17, 15) is 9.18 Å². The van der Waals surface area contributed by atoms with E-state index >= 15 is 0 Å². The number of hydrogen-bond donors (Lipinski definition) is 1. The zero-order valence-electron chi connectivity index (χ0n) is 15.8. The van der Waals surface area contributed by atoms with Crippen LogP contribution in [0.4, 0.5) is 10.1 Å². The maximum Gasteiger partial charge on any atom is 0.319 e. The lowest BCUT2D eigenvalue weighted by molar-refractivity contribution is -0.143. The summed E-state index contributed by atoms with van der Waals surface area (Å²) >= 11 is 3.56. The Bertz CT molecular complexity index is 1010. The molecule has 0 aliphatic carbocycles. The molecule has 6 heteroatoms. The normalized spacial score (nSPS) is 18.6. The summed E-state index contributed by atoms with van der Waals surface area (Å²) in [5.74, 6) is -0.633. The first-order valence-corrected chi connectivity index (χ1v) is 10.0. The fourth-order valence-electron chi connectivity index (χ4n) is 3.77. The molecule has 0 radical (unpaired) electrons. The second kappa shape index (κ2) is 8.35. The number of carbonyl (C=O) groups is 1. The number of benzene rings is 3. The van der Waals surface area contributed by atoms with E-state index < -0.39 is 0 Å². The summed E-state index contributed by atoms with van der Waals surface area (Å²) in [7, 11) is 1.38. The molecule has 3 aromatic carbocycles. The first kappa shape index (κ1) is 19.6. The monoisotopic (exact) mass is 454 g/mol. The number of rotatable bonds is 4. The van der Waals surface area contributed by atoms with Gasteiger partial charge in [-0.15, -0.1) is 0 Å². The average Bonchev–Trinajstić information content (AvgIpc) is 2.74. The molecule has 0 unspecified atom stereocenters. The molecule has 4 rings (SSSR count). The van der Waals surface area contributed by atoms with Crippen molar-refractivity contribution in [1.29, 1.82) is 0 Å². The molecule has 0 amide bonds. The number of methoxy groups -OCH3 is 1. The Hall–Kier alpha value is -2.70. The summed E-state index contributed by atoms with van der Waals surface area (Å²) in [4.78, 5) is 14.4. The minimum Gasteiger partial charge on any atom is -0.468 e. The van der Waals surface area contributed by atoms with Crippen LogP contribution in [0.15, 0.2) is 77.3 Å². The molecule has 0 bridgehead atoms. The van der Waals surface area contributed by atoms with Gasteiger partial charge in [-0.1, -0.05) is 58.4 Å². The molecule has 1 heterocycles. The van der Waals surface area contributed by atoms with E-state index in [0.717, 1.165) is 26.9 Å². The van der Waals surface area contributed by atoms with Gasteiger partial charge in [0.25, 0.3) is 0 Å². The van der Waals surface area contributed by atoms with Crippen molar-refractivity contribution in [3.63, 3.8) is 0 Å². The first-order chi connectivity index (χ1) is 14.1. The number of hydrogen-bond acceptors (Lipinski definition) is 4. The molecule has 1 N–H and O–H groups in total. The Kier molecular flexibility index (Phi) is 5.65. The molecule has 0 saturated heterocycles. The molecule has 148 valence electrons. The Morgan fingerprint density at radius 2 is 1.79 bits per heavy atom. The number of nitrogens with zero attached hydrogens (tertiary/aromatic N) is 1. The molecule has 4 nitrogen and oxygen atoms in total. The van der Waals surface area contributed by atoms with Crippen molar-refractivity contribution in [2.24, 2.45) is 0 Å². The highest BCUT2D eigenvalue weighted by atomic mass is 79.9. The standard InChI is InChI=1S/C23H20BrFN2O2/c1-29-21(28)14-27-22(15-5-3-2-4-6-15)19-13-17(24)9-12-20(19)26-23(27)16-7-10-18(25)11-8-16/h2-13,22-23,26H,14H2,1H3/t22-,23+/m1/s1. The first-order valence-electron chi connectivity index (χ1n) is 9.26. The van der Waals surface area contributed by atoms with Crippen LogP contribution < -0.4 is 5.32 Å². The van der Waals surface area contributed by atoms with E-state index in [-0.39, 0.29) is 30.5 Å². The molecule has 3 aromatic rings. The molecule has 1 aliphatic heterocycles. The van der Waals surface area contributed by atoms with E-state index in [1.54, 1.807) is 12.1 Å². The lowest BCUT2D eigenvalue weighted by atomic mass is 9.91. The Balaban J connectivity index is 1.88. The smallest absolute Gasteiger partial charge is 0.319 e. The number of carbonyl (C=O) groups excluding carboxylic acids is 1. The molecular weight excluding hydrogens is 435 g/mol. The molecule has 1 aliphatic rings. The van der Waals surface area contributed by atoms with Crippen LogP contribution in [0.25, 0.3) is 0 Å². The highest BCUT2D eigenvalue weighted by Gasteiger charge is 2.37. The zero-order valence-corrected chi connectivity index (χ0v) is 17.4.